The lowest BCUT2D eigenvalue weighted by molar-refractivity contribution is -0.160. The zero-order valence-corrected chi connectivity index (χ0v) is 10.0. The van der Waals surface area contributed by atoms with Crippen molar-refractivity contribution < 1.29 is 32.6 Å². The molecule has 0 heterocycles. The summed E-state index contributed by atoms with van der Waals surface area (Å²) in [6, 6.07) is -1.46. The van der Waals surface area contributed by atoms with Gasteiger partial charge in [0.2, 0.25) is 0 Å². The molecule has 0 aromatic carbocycles. The molecule has 1 aliphatic rings. The van der Waals surface area contributed by atoms with E-state index in [1.165, 1.54) is 0 Å². The highest BCUT2D eigenvalue weighted by Crippen LogP contribution is 2.50. The van der Waals surface area contributed by atoms with E-state index in [2.05, 4.69) is 0 Å². The Hall–Kier alpha value is -1.47. The molecule has 0 aromatic rings. The molecule has 0 spiro atoms. The van der Waals surface area contributed by atoms with Crippen LogP contribution in [0.4, 0.5) is 18.0 Å². The van der Waals surface area contributed by atoms with Crippen LogP contribution in [0, 0.1) is 11.8 Å². The molecule has 1 saturated carbocycles. The molecule has 1 aliphatic carbocycles. The van der Waals surface area contributed by atoms with Crippen LogP contribution in [-0.4, -0.2) is 35.0 Å². The minimum absolute atomic E-state index is 0.856. The second-order valence-corrected chi connectivity index (χ2v) is 5.10. The summed E-state index contributed by atoms with van der Waals surface area (Å²) < 4.78 is 42.1. The van der Waals surface area contributed by atoms with E-state index in [-0.39, 0.29) is 0 Å². The molecule has 0 radical (unpaired) electrons. The quantitative estimate of drug-likeness (QED) is 0.801. The van der Waals surface area contributed by atoms with Gasteiger partial charge in [0, 0.05) is 0 Å². The van der Waals surface area contributed by atoms with Crippen LogP contribution >= 0.6 is 0 Å². The Morgan fingerprint density at radius 3 is 2.00 bits per heavy atom. The Balaban J connectivity index is 2.63. The first-order valence-electron chi connectivity index (χ1n) is 5.22. The average molecular weight is 269 g/mol. The molecule has 5 nitrogen and oxygen atoms in total. The first kappa shape index (κ1) is 14.6. The van der Waals surface area contributed by atoms with Crippen LogP contribution in [0.1, 0.15) is 20.8 Å². The second-order valence-electron chi connectivity index (χ2n) is 5.10. The molecule has 0 unspecified atom stereocenters. The van der Waals surface area contributed by atoms with Crippen molar-refractivity contribution in [3.05, 3.63) is 0 Å². The fraction of sp³-hybridized carbons (Fsp3) is 0.800. The summed E-state index contributed by atoms with van der Waals surface area (Å²) in [5, 5.41) is 10.5. The number of hydrogen-bond acceptors (Lipinski definition) is 3. The van der Waals surface area contributed by atoms with Crippen LogP contribution in [0.2, 0.25) is 0 Å². The lowest BCUT2D eigenvalue weighted by atomic mass is 10.2. The Morgan fingerprint density at radius 2 is 1.72 bits per heavy atom. The summed E-state index contributed by atoms with van der Waals surface area (Å²) in [7, 11) is 0. The van der Waals surface area contributed by atoms with Gasteiger partial charge in [0.25, 0.3) is 0 Å². The number of carbonyl (C=O) groups excluding carboxylic acids is 1. The number of hydrogen-bond donors (Lipinski definition) is 2. The van der Waals surface area contributed by atoms with E-state index in [1.807, 2.05) is 5.32 Å². The predicted octanol–water partition coefficient (Wildman–Crippen LogP) is 1.77. The SMILES string of the molecule is CC(C)(C)OC(=O)N[C@@H]1[C@H](C(=O)O)[C@@H]1C(F)(F)F. The molecule has 0 aromatic heterocycles. The van der Waals surface area contributed by atoms with E-state index >= 15 is 0 Å². The van der Waals surface area contributed by atoms with Crippen LogP contribution in [-0.2, 0) is 9.53 Å². The van der Waals surface area contributed by atoms with Crippen molar-refractivity contribution in [3.63, 3.8) is 0 Å². The van der Waals surface area contributed by atoms with Crippen LogP contribution < -0.4 is 5.32 Å². The van der Waals surface area contributed by atoms with Crippen molar-refractivity contribution in [1.82, 2.24) is 5.32 Å². The number of alkyl halides is 3. The van der Waals surface area contributed by atoms with Crippen LogP contribution in [0.5, 0.6) is 0 Å². The minimum Gasteiger partial charge on any atom is -0.481 e. The molecular weight excluding hydrogens is 255 g/mol. The van der Waals surface area contributed by atoms with Crippen LogP contribution in [0.3, 0.4) is 0 Å². The van der Waals surface area contributed by atoms with Gasteiger partial charge in [0.15, 0.2) is 0 Å². The third kappa shape index (κ3) is 3.51. The van der Waals surface area contributed by atoms with Crippen molar-refractivity contribution in [3.8, 4) is 0 Å². The van der Waals surface area contributed by atoms with Crippen molar-refractivity contribution in [2.24, 2.45) is 11.8 Å². The number of carboxylic acid groups (broad SMARTS) is 1. The maximum atomic E-state index is 12.4. The Morgan fingerprint density at radius 1 is 1.22 bits per heavy atom. The number of alkyl carbamates (subject to hydrolysis) is 1. The maximum absolute atomic E-state index is 12.4. The van der Waals surface area contributed by atoms with Crippen molar-refractivity contribution >= 4 is 12.1 Å². The van der Waals surface area contributed by atoms with Gasteiger partial charge in [-0.3, -0.25) is 4.79 Å². The highest BCUT2D eigenvalue weighted by atomic mass is 19.4. The molecule has 0 saturated heterocycles. The van der Waals surface area contributed by atoms with Gasteiger partial charge in [-0.15, -0.1) is 0 Å². The van der Waals surface area contributed by atoms with Gasteiger partial charge in [-0.25, -0.2) is 4.79 Å². The smallest absolute Gasteiger partial charge is 0.407 e. The number of rotatable bonds is 2. The number of halogens is 3. The largest absolute Gasteiger partial charge is 0.481 e. The summed E-state index contributed by atoms with van der Waals surface area (Å²) in [6.45, 7) is 4.65. The molecular formula is C10H14F3NO4. The van der Waals surface area contributed by atoms with Crippen LogP contribution in [0.15, 0.2) is 0 Å². The molecule has 1 amide bonds. The number of amides is 1. The van der Waals surface area contributed by atoms with E-state index in [9.17, 15) is 22.8 Å². The highest BCUT2D eigenvalue weighted by molar-refractivity contribution is 5.78. The summed E-state index contributed by atoms with van der Waals surface area (Å²) in [6.07, 6.45) is -5.70. The Bertz CT molecular complexity index is 361. The van der Waals surface area contributed by atoms with Crippen molar-refractivity contribution in [1.29, 1.82) is 0 Å². The standard InChI is InChI=1S/C10H14F3NO4/c1-9(2,3)18-8(17)14-6-4(7(15)16)5(6)10(11,12)13/h4-6H,1-3H3,(H,14,17)(H,15,16)/t4-,5+,6-/m1/s1. The fourth-order valence-electron chi connectivity index (χ4n) is 1.65. The van der Waals surface area contributed by atoms with Crippen molar-refractivity contribution in [2.75, 3.05) is 0 Å². The molecule has 18 heavy (non-hydrogen) atoms. The lowest BCUT2D eigenvalue weighted by Crippen LogP contribution is -2.36. The first-order valence-corrected chi connectivity index (χ1v) is 5.22. The van der Waals surface area contributed by atoms with Gasteiger partial charge in [0.1, 0.15) is 5.60 Å². The first-order chi connectivity index (χ1) is 7.93. The summed E-state index contributed by atoms with van der Waals surface area (Å²) >= 11 is 0. The van der Waals surface area contributed by atoms with Crippen LogP contribution in [0.25, 0.3) is 0 Å². The highest BCUT2D eigenvalue weighted by Gasteiger charge is 2.68. The Kier molecular flexibility index (Phi) is 3.51. The van der Waals surface area contributed by atoms with Crippen molar-refractivity contribution in [2.45, 2.75) is 38.6 Å². The Labute approximate surface area is 101 Å². The van der Waals surface area contributed by atoms with Gasteiger partial charge in [-0.1, -0.05) is 0 Å². The van der Waals surface area contributed by atoms with E-state index in [0.29, 0.717) is 0 Å². The van der Waals surface area contributed by atoms with Gasteiger partial charge < -0.3 is 15.2 Å². The van der Waals surface area contributed by atoms with E-state index in [4.69, 9.17) is 9.84 Å². The minimum atomic E-state index is -4.65. The lowest BCUT2D eigenvalue weighted by Gasteiger charge is -2.19. The van der Waals surface area contributed by atoms with Gasteiger partial charge in [-0.05, 0) is 20.8 Å². The molecule has 104 valence electrons. The topological polar surface area (TPSA) is 75.6 Å². The predicted molar refractivity (Wildman–Crippen MR) is 53.8 cm³/mol. The monoisotopic (exact) mass is 269 g/mol. The maximum Gasteiger partial charge on any atom is 0.407 e. The molecule has 1 rings (SSSR count). The molecule has 0 bridgehead atoms. The van der Waals surface area contributed by atoms with E-state index in [0.717, 1.165) is 0 Å². The second kappa shape index (κ2) is 4.33. The number of carbonyl (C=O) groups is 2. The average Bonchev–Trinajstić information content (AvgIpc) is 2.73. The molecule has 0 aliphatic heterocycles. The zero-order chi connectivity index (χ0) is 14.3. The summed E-state index contributed by atoms with van der Waals surface area (Å²) in [5.41, 5.74) is -0.856. The summed E-state index contributed by atoms with van der Waals surface area (Å²) in [4.78, 5) is 21.9. The number of carboxylic acids is 1. The number of nitrogens with one attached hydrogen (secondary N) is 1. The van der Waals surface area contributed by atoms with E-state index in [1.54, 1.807) is 20.8 Å². The molecule has 8 heteroatoms. The van der Waals surface area contributed by atoms with E-state index < -0.39 is 41.7 Å². The fourth-order valence-corrected chi connectivity index (χ4v) is 1.65. The molecule has 3 atom stereocenters. The molecule has 2 N–H and O–H groups in total. The van der Waals surface area contributed by atoms with Gasteiger partial charge >= 0.3 is 18.2 Å². The van der Waals surface area contributed by atoms with Gasteiger partial charge in [-0.2, -0.15) is 13.2 Å². The zero-order valence-electron chi connectivity index (χ0n) is 10.0. The molecule has 1 fully saturated rings. The van der Waals surface area contributed by atoms with Gasteiger partial charge in [0.05, 0.1) is 17.9 Å². The third-order valence-electron chi connectivity index (χ3n) is 2.37. The summed E-state index contributed by atoms with van der Waals surface area (Å²) in [5.74, 6) is -5.28. The normalized spacial score (nSPS) is 27.6. The number of ether oxygens (including phenoxy) is 1. The third-order valence-corrected chi connectivity index (χ3v) is 2.37. The number of aliphatic carboxylic acids is 1.